The lowest BCUT2D eigenvalue weighted by atomic mass is 9.91. The first-order chi connectivity index (χ1) is 15.7. The van der Waals surface area contributed by atoms with E-state index in [1.807, 2.05) is 37.3 Å². The Morgan fingerprint density at radius 1 is 1.09 bits per heavy atom. The minimum Gasteiger partial charge on any atom is -0.459 e. The SMILES string of the molecule is Cc1ccnc(N[C@@H](c2ccccn2)c2c(NC(=O)c3ccco3)sc3c2CCCC3)c1. The van der Waals surface area contributed by atoms with Gasteiger partial charge in [-0.1, -0.05) is 6.07 Å². The number of aryl methyl sites for hydroxylation is 2. The van der Waals surface area contributed by atoms with Gasteiger partial charge in [0, 0.05) is 22.8 Å². The predicted molar refractivity (Wildman–Crippen MR) is 126 cm³/mol. The van der Waals surface area contributed by atoms with Gasteiger partial charge in [-0.05, 0) is 80.1 Å². The van der Waals surface area contributed by atoms with Gasteiger partial charge in [-0.15, -0.1) is 11.3 Å². The molecule has 32 heavy (non-hydrogen) atoms. The Hall–Kier alpha value is -3.45. The lowest BCUT2D eigenvalue weighted by Gasteiger charge is -2.23. The molecule has 2 N–H and O–H groups in total. The monoisotopic (exact) mass is 444 g/mol. The molecule has 0 saturated heterocycles. The van der Waals surface area contributed by atoms with Gasteiger partial charge in [0.25, 0.3) is 5.91 Å². The van der Waals surface area contributed by atoms with Crippen LogP contribution in [-0.2, 0) is 12.8 Å². The van der Waals surface area contributed by atoms with Gasteiger partial charge in [-0.3, -0.25) is 9.78 Å². The van der Waals surface area contributed by atoms with Crippen LogP contribution in [0.15, 0.2) is 65.5 Å². The number of aromatic nitrogens is 2. The van der Waals surface area contributed by atoms with Gasteiger partial charge in [-0.25, -0.2) is 4.98 Å². The fourth-order valence-corrected chi connectivity index (χ4v) is 5.49. The third kappa shape index (κ3) is 4.16. The third-order valence-electron chi connectivity index (χ3n) is 5.66. The van der Waals surface area contributed by atoms with Crippen molar-refractivity contribution in [1.82, 2.24) is 9.97 Å². The van der Waals surface area contributed by atoms with Gasteiger partial charge in [0.15, 0.2) is 5.76 Å². The Morgan fingerprint density at radius 3 is 2.78 bits per heavy atom. The number of furan rings is 1. The van der Waals surface area contributed by atoms with Gasteiger partial charge in [0.05, 0.1) is 18.0 Å². The molecule has 1 aliphatic carbocycles. The number of amides is 1. The lowest BCUT2D eigenvalue weighted by molar-refractivity contribution is 0.0997. The summed E-state index contributed by atoms with van der Waals surface area (Å²) in [7, 11) is 0. The maximum absolute atomic E-state index is 12.9. The van der Waals surface area contributed by atoms with Crippen LogP contribution in [0, 0.1) is 6.92 Å². The van der Waals surface area contributed by atoms with Crippen LogP contribution in [0.3, 0.4) is 0 Å². The van der Waals surface area contributed by atoms with Gasteiger partial charge >= 0.3 is 0 Å². The predicted octanol–water partition coefficient (Wildman–Crippen LogP) is 5.77. The summed E-state index contributed by atoms with van der Waals surface area (Å²) in [6, 6.07) is 13.1. The molecule has 4 aromatic rings. The van der Waals surface area contributed by atoms with Crippen LogP contribution in [0.1, 0.15) is 56.7 Å². The smallest absolute Gasteiger partial charge is 0.291 e. The van der Waals surface area contributed by atoms with Crippen molar-refractivity contribution in [3.8, 4) is 0 Å². The summed E-state index contributed by atoms with van der Waals surface area (Å²) in [5.74, 6) is 0.827. The van der Waals surface area contributed by atoms with Crippen LogP contribution in [-0.4, -0.2) is 15.9 Å². The second-order valence-electron chi connectivity index (χ2n) is 7.94. The quantitative estimate of drug-likeness (QED) is 0.394. The number of rotatable bonds is 6. The Morgan fingerprint density at radius 2 is 2.00 bits per heavy atom. The van der Waals surface area contributed by atoms with E-state index in [9.17, 15) is 4.79 Å². The molecule has 7 heteroatoms. The van der Waals surface area contributed by atoms with Crippen LogP contribution in [0.5, 0.6) is 0 Å². The molecule has 0 fully saturated rings. The summed E-state index contributed by atoms with van der Waals surface area (Å²) in [4.78, 5) is 23.4. The average Bonchev–Trinajstić information content (AvgIpc) is 3.46. The van der Waals surface area contributed by atoms with E-state index in [-0.39, 0.29) is 11.9 Å². The molecular formula is C25H24N4O2S. The molecule has 162 valence electrons. The highest BCUT2D eigenvalue weighted by atomic mass is 32.1. The number of carbonyl (C=O) groups excluding carboxylic acids is 1. The van der Waals surface area contributed by atoms with Gasteiger partial charge in [-0.2, -0.15) is 0 Å². The molecule has 5 rings (SSSR count). The van der Waals surface area contributed by atoms with Crippen LogP contribution in [0.25, 0.3) is 0 Å². The molecule has 0 bridgehead atoms. The summed E-state index contributed by atoms with van der Waals surface area (Å²) in [6.07, 6.45) is 9.44. The number of fused-ring (bicyclic) bond motifs is 1. The zero-order valence-electron chi connectivity index (χ0n) is 17.8. The molecule has 0 radical (unpaired) electrons. The van der Waals surface area contributed by atoms with Crippen LogP contribution in [0.4, 0.5) is 10.8 Å². The molecule has 4 heterocycles. The maximum atomic E-state index is 12.9. The minimum atomic E-state index is -0.247. The fraction of sp³-hybridized carbons (Fsp3) is 0.240. The molecule has 4 aromatic heterocycles. The van der Waals surface area contributed by atoms with E-state index in [0.29, 0.717) is 5.76 Å². The highest BCUT2D eigenvalue weighted by Crippen LogP contribution is 2.44. The molecule has 0 spiro atoms. The number of pyridine rings is 2. The van der Waals surface area contributed by atoms with Crippen LogP contribution in [0.2, 0.25) is 0 Å². The summed E-state index contributed by atoms with van der Waals surface area (Å²) in [6.45, 7) is 2.05. The van der Waals surface area contributed by atoms with Crippen molar-refractivity contribution in [3.05, 3.63) is 94.1 Å². The molecule has 0 saturated carbocycles. The van der Waals surface area contributed by atoms with E-state index in [4.69, 9.17) is 4.42 Å². The molecule has 0 aliphatic heterocycles. The molecule has 1 amide bonds. The molecular weight excluding hydrogens is 420 g/mol. The van der Waals surface area contributed by atoms with Crippen molar-refractivity contribution in [2.24, 2.45) is 0 Å². The Bertz CT molecular complexity index is 1220. The maximum Gasteiger partial charge on any atom is 0.291 e. The number of nitrogens with one attached hydrogen (secondary N) is 2. The largest absolute Gasteiger partial charge is 0.459 e. The highest BCUT2D eigenvalue weighted by molar-refractivity contribution is 7.16. The van der Waals surface area contributed by atoms with Gasteiger partial charge in [0.2, 0.25) is 0 Å². The Kier molecular flexibility index (Phi) is 5.73. The van der Waals surface area contributed by atoms with E-state index < -0.39 is 0 Å². The van der Waals surface area contributed by atoms with E-state index in [1.165, 1.54) is 23.1 Å². The first kappa shape index (κ1) is 20.5. The van der Waals surface area contributed by atoms with Crippen molar-refractivity contribution in [1.29, 1.82) is 0 Å². The summed E-state index contributed by atoms with van der Waals surface area (Å²) in [5.41, 5.74) is 4.40. The fourth-order valence-electron chi connectivity index (χ4n) is 4.16. The molecule has 0 aromatic carbocycles. The first-order valence-corrected chi connectivity index (χ1v) is 11.6. The number of anilines is 2. The highest BCUT2D eigenvalue weighted by Gasteiger charge is 2.30. The zero-order chi connectivity index (χ0) is 21.9. The standard InChI is InChI=1S/C25H24N4O2S/c1-16-11-13-27-21(15-16)28-23(18-8-4-5-12-26-18)22-17-7-2-3-10-20(17)32-25(22)29-24(30)19-9-6-14-31-19/h4-6,8-9,11-15,23H,2-3,7,10H2,1H3,(H,27,28)(H,29,30)/t23-/m0/s1. The van der Waals surface area contributed by atoms with E-state index in [0.717, 1.165) is 46.9 Å². The number of nitrogens with zero attached hydrogens (tertiary/aromatic N) is 2. The zero-order valence-corrected chi connectivity index (χ0v) is 18.6. The number of hydrogen-bond donors (Lipinski definition) is 2. The Balaban J connectivity index is 1.61. The first-order valence-electron chi connectivity index (χ1n) is 10.8. The molecule has 0 unspecified atom stereocenters. The number of carbonyl (C=O) groups is 1. The number of thiophene rings is 1. The average molecular weight is 445 g/mol. The summed E-state index contributed by atoms with van der Waals surface area (Å²) < 4.78 is 5.32. The van der Waals surface area contributed by atoms with Gasteiger partial charge in [0.1, 0.15) is 10.8 Å². The second kappa shape index (κ2) is 8.96. The van der Waals surface area contributed by atoms with Crippen molar-refractivity contribution in [2.75, 3.05) is 10.6 Å². The Labute approximate surface area is 190 Å². The van der Waals surface area contributed by atoms with Crippen molar-refractivity contribution < 1.29 is 9.21 Å². The van der Waals surface area contributed by atoms with E-state index in [2.05, 4.69) is 20.6 Å². The minimum absolute atomic E-state index is 0.240. The lowest BCUT2D eigenvalue weighted by Crippen LogP contribution is -2.19. The summed E-state index contributed by atoms with van der Waals surface area (Å²) in [5, 5.41) is 7.55. The third-order valence-corrected chi connectivity index (χ3v) is 6.89. The molecule has 1 aliphatic rings. The second-order valence-corrected chi connectivity index (χ2v) is 9.04. The van der Waals surface area contributed by atoms with E-state index >= 15 is 0 Å². The number of hydrogen-bond acceptors (Lipinski definition) is 6. The van der Waals surface area contributed by atoms with Crippen molar-refractivity contribution in [2.45, 2.75) is 38.6 Å². The summed E-state index contributed by atoms with van der Waals surface area (Å²) >= 11 is 1.66. The topological polar surface area (TPSA) is 80.0 Å². The van der Waals surface area contributed by atoms with Crippen molar-refractivity contribution in [3.63, 3.8) is 0 Å². The normalized spacial score (nSPS) is 13.9. The van der Waals surface area contributed by atoms with E-state index in [1.54, 1.807) is 35.9 Å². The van der Waals surface area contributed by atoms with Crippen LogP contribution >= 0.6 is 11.3 Å². The molecule has 1 atom stereocenters. The van der Waals surface area contributed by atoms with Crippen LogP contribution < -0.4 is 10.6 Å². The van der Waals surface area contributed by atoms with Gasteiger partial charge < -0.3 is 15.1 Å². The van der Waals surface area contributed by atoms with Crippen molar-refractivity contribution >= 4 is 28.1 Å². The molecule has 6 nitrogen and oxygen atoms in total.